The fraction of sp³-hybridized carbons (Fsp3) is 0.533. The Kier molecular flexibility index (Phi) is 6.59. The lowest BCUT2D eigenvalue weighted by molar-refractivity contribution is -0.887. The summed E-state index contributed by atoms with van der Waals surface area (Å²) < 4.78 is 9.15. The maximum Gasteiger partial charge on any atom is 0.339 e. The van der Waals surface area contributed by atoms with Gasteiger partial charge in [0, 0.05) is 23.6 Å². The number of rotatable bonds is 3. The van der Waals surface area contributed by atoms with Crippen LogP contribution in [0.5, 0.6) is 0 Å². The number of nitrogens with one attached hydrogen (secondary N) is 1. The smallest absolute Gasteiger partial charge is 0.339 e. The van der Waals surface area contributed by atoms with Gasteiger partial charge in [-0.25, -0.2) is 4.79 Å². The zero-order valence-electron chi connectivity index (χ0n) is 12.1. The molecule has 0 aliphatic carbocycles. The van der Waals surface area contributed by atoms with Gasteiger partial charge in [-0.1, -0.05) is 6.92 Å². The van der Waals surface area contributed by atoms with Crippen LogP contribution in [0.2, 0.25) is 0 Å². The quantitative estimate of drug-likeness (QED) is 0.318. The van der Waals surface area contributed by atoms with Crippen molar-refractivity contribution in [1.29, 1.82) is 0 Å². The molecule has 3 nitrogen and oxygen atoms in total. The highest BCUT2D eigenvalue weighted by atomic mass is 127. The molecule has 0 bridgehead atoms. The van der Waals surface area contributed by atoms with Crippen LogP contribution in [0.4, 0.5) is 0 Å². The molecular formula is C15H19I3NO2+. The van der Waals surface area contributed by atoms with Gasteiger partial charge in [0.15, 0.2) is 0 Å². The van der Waals surface area contributed by atoms with Gasteiger partial charge in [0.05, 0.1) is 25.7 Å². The molecule has 0 spiro atoms. The molecule has 0 radical (unpaired) electrons. The lowest BCUT2D eigenvalue weighted by Gasteiger charge is -2.37. The van der Waals surface area contributed by atoms with Crippen LogP contribution in [0.1, 0.15) is 36.5 Å². The van der Waals surface area contributed by atoms with E-state index in [0.29, 0.717) is 5.56 Å². The third kappa shape index (κ3) is 4.43. The van der Waals surface area contributed by atoms with Crippen molar-refractivity contribution in [1.82, 2.24) is 0 Å². The Morgan fingerprint density at radius 1 is 1.29 bits per heavy atom. The molecule has 6 heteroatoms. The monoisotopic (exact) mass is 626 g/mol. The standard InChI is InChI=1S/C15H18I3NO2/c1-3-15(4-6-19(2)7-5-15)21-14(20)11-8-10(16)9-12(17)13(11)18/h8-9H,3-7H2,1-2H3/p+1. The zero-order chi connectivity index (χ0) is 15.6. The number of halogens is 3. The highest BCUT2D eigenvalue weighted by Gasteiger charge is 2.38. The first kappa shape index (κ1) is 18.2. The van der Waals surface area contributed by atoms with E-state index in [1.54, 1.807) is 0 Å². The molecule has 21 heavy (non-hydrogen) atoms. The largest absolute Gasteiger partial charge is 0.455 e. The van der Waals surface area contributed by atoms with E-state index < -0.39 is 0 Å². The molecule has 0 unspecified atom stereocenters. The summed E-state index contributed by atoms with van der Waals surface area (Å²) in [6, 6.07) is 4.00. The molecule has 2 rings (SSSR count). The van der Waals surface area contributed by atoms with Crippen LogP contribution in [-0.4, -0.2) is 31.7 Å². The lowest BCUT2D eigenvalue weighted by Crippen LogP contribution is -3.10. The van der Waals surface area contributed by atoms with Gasteiger partial charge in [0.25, 0.3) is 0 Å². The molecule has 0 amide bonds. The second kappa shape index (κ2) is 7.61. The van der Waals surface area contributed by atoms with E-state index in [-0.39, 0.29) is 11.6 Å². The first-order valence-electron chi connectivity index (χ1n) is 7.06. The van der Waals surface area contributed by atoms with E-state index in [4.69, 9.17) is 4.74 Å². The minimum absolute atomic E-state index is 0.169. The Morgan fingerprint density at radius 3 is 2.48 bits per heavy atom. The minimum Gasteiger partial charge on any atom is -0.455 e. The van der Waals surface area contributed by atoms with E-state index in [9.17, 15) is 4.79 Å². The number of likely N-dealkylation sites (tertiary alicyclic amines) is 1. The number of piperidine rings is 1. The van der Waals surface area contributed by atoms with E-state index in [1.165, 1.54) is 4.90 Å². The molecule has 0 aromatic heterocycles. The normalized spacial score (nSPS) is 25.7. The van der Waals surface area contributed by atoms with Crippen molar-refractivity contribution < 1.29 is 14.4 Å². The Labute approximate surface area is 167 Å². The number of hydrogen-bond acceptors (Lipinski definition) is 2. The van der Waals surface area contributed by atoms with Crippen molar-refractivity contribution in [2.75, 3.05) is 20.1 Å². The Hall–Kier alpha value is 0.840. The predicted molar refractivity (Wildman–Crippen MR) is 109 cm³/mol. The number of ether oxygens (including phenoxy) is 1. The molecule has 1 aromatic carbocycles. The lowest BCUT2D eigenvalue weighted by atomic mass is 9.88. The van der Waals surface area contributed by atoms with Gasteiger partial charge in [-0.15, -0.1) is 0 Å². The van der Waals surface area contributed by atoms with Crippen LogP contribution in [-0.2, 0) is 4.74 Å². The number of benzene rings is 1. The van der Waals surface area contributed by atoms with Gasteiger partial charge in [0.2, 0.25) is 0 Å². The van der Waals surface area contributed by atoms with Crippen LogP contribution < -0.4 is 4.90 Å². The number of carbonyl (C=O) groups is 1. The third-order valence-corrected chi connectivity index (χ3v) is 7.85. The van der Waals surface area contributed by atoms with Crippen molar-refractivity contribution >= 4 is 73.7 Å². The predicted octanol–water partition coefficient (Wildman–Crippen LogP) is 3.11. The average molecular weight is 626 g/mol. The number of quaternary nitrogens is 1. The fourth-order valence-corrected chi connectivity index (χ4v) is 4.99. The Bertz CT molecular complexity index is 540. The van der Waals surface area contributed by atoms with Crippen LogP contribution in [0, 0.1) is 10.7 Å². The van der Waals surface area contributed by atoms with Gasteiger partial charge < -0.3 is 9.64 Å². The summed E-state index contributed by atoms with van der Waals surface area (Å²) in [5.41, 5.74) is 0.429. The minimum atomic E-state index is -0.271. The fourth-order valence-electron chi connectivity index (χ4n) is 2.62. The maximum atomic E-state index is 12.6. The molecule has 0 saturated carbocycles. The van der Waals surface area contributed by atoms with Crippen LogP contribution in [0.15, 0.2) is 12.1 Å². The van der Waals surface area contributed by atoms with Gasteiger partial charge in [-0.05, 0) is 86.3 Å². The number of hydrogen-bond donors (Lipinski definition) is 1. The molecule has 1 N–H and O–H groups in total. The average Bonchev–Trinajstić information content (AvgIpc) is 2.45. The van der Waals surface area contributed by atoms with Gasteiger partial charge in [0.1, 0.15) is 5.60 Å². The van der Waals surface area contributed by atoms with Crippen LogP contribution >= 0.6 is 67.8 Å². The molecule has 116 valence electrons. The molecule has 1 heterocycles. The Balaban J connectivity index is 2.21. The Morgan fingerprint density at radius 2 is 1.90 bits per heavy atom. The molecule has 1 aromatic rings. The molecule has 1 aliphatic rings. The molecule has 0 atom stereocenters. The SMILES string of the molecule is CCC1(OC(=O)c2cc(I)cc(I)c2I)CC[NH+](C)CC1. The van der Waals surface area contributed by atoms with Crippen molar-refractivity contribution in [3.05, 3.63) is 28.4 Å². The van der Waals surface area contributed by atoms with Gasteiger partial charge >= 0.3 is 5.97 Å². The summed E-state index contributed by atoms with van der Waals surface area (Å²) in [7, 11) is 2.20. The highest BCUT2D eigenvalue weighted by molar-refractivity contribution is 14.1. The molecule has 1 saturated heterocycles. The number of carbonyl (C=O) groups excluding carboxylic acids is 1. The van der Waals surface area contributed by atoms with Crippen molar-refractivity contribution in [2.45, 2.75) is 31.8 Å². The van der Waals surface area contributed by atoms with Crippen LogP contribution in [0.3, 0.4) is 0 Å². The maximum absolute atomic E-state index is 12.6. The van der Waals surface area contributed by atoms with Crippen molar-refractivity contribution in [3.63, 3.8) is 0 Å². The zero-order valence-corrected chi connectivity index (χ0v) is 18.6. The van der Waals surface area contributed by atoms with Gasteiger partial charge in [-0.3, -0.25) is 0 Å². The summed E-state index contributed by atoms with van der Waals surface area (Å²) in [5.74, 6) is -0.169. The summed E-state index contributed by atoms with van der Waals surface area (Å²) in [5, 5.41) is 0. The molecular weight excluding hydrogens is 607 g/mol. The summed E-state index contributed by atoms with van der Waals surface area (Å²) in [6.45, 7) is 4.27. The van der Waals surface area contributed by atoms with E-state index >= 15 is 0 Å². The molecule has 1 aliphatic heterocycles. The van der Waals surface area contributed by atoms with E-state index in [2.05, 4.69) is 87.8 Å². The highest BCUT2D eigenvalue weighted by Crippen LogP contribution is 2.29. The summed E-state index contributed by atoms with van der Waals surface area (Å²) >= 11 is 6.76. The first-order valence-corrected chi connectivity index (χ1v) is 10.3. The summed E-state index contributed by atoms with van der Waals surface area (Å²) in [4.78, 5) is 14.2. The van der Waals surface area contributed by atoms with Crippen LogP contribution in [0.25, 0.3) is 0 Å². The second-order valence-corrected chi connectivity index (χ2v) is 9.12. The second-order valence-electron chi connectivity index (χ2n) is 5.63. The third-order valence-electron chi connectivity index (χ3n) is 4.18. The number of esters is 1. The first-order chi connectivity index (χ1) is 9.87. The van der Waals surface area contributed by atoms with Gasteiger partial charge in [-0.2, -0.15) is 0 Å². The molecule has 1 fully saturated rings. The topological polar surface area (TPSA) is 30.7 Å². The van der Waals surface area contributed by atoms with E-state index in [1.807, 2.05) is 6.07 Å². The van der Waals surface area contributed by atoms with E-state index in [0.717, 1.165) is 43.1 Å². The summed E-state index contributed by atoms with van der Waals surface area (Å²) in [6.07, 6.45) is 2.81. The van der Waals surface area contributed by atoms with Crippen molar-refractivity contribution in [2.24, 2.45) is 0 Å². The van der Waals surface area contributed by atoms with Crippen molar-refractivity contribution in [3.8, 4) is 0 Å².